The highest BCUT2D eigenvalue weighted by Crippen LogP contribution is 2.32. The number of benzene rings is 1. The summed E-state index contributed by atoms with van der Waals surface area (Å²) in [5.41, 5.74) is 8.75. The summed E-state index contributed by atoms with van der Waals surface area (Å²) in [6.45, 7) is 4.32. The van der Waals surface area contributed by atoms with Gasteiger partial charge in [-0.15, -0.1) is 0 Å². The van der Waals surface area contributed by atoms with Crippen molar-refractivity contribution in [3.63, 3.8) is 0 Å². The van der Waals surface area contributed by atoms with Crippen molar-refractivity contribution in [3.8, 4) is 17.0 Å². The van der Waals surface area contributed by atoms with E-state index in [1.54, 1.807) is 7.11 Å². The molecule has 90 valence electrons. The molecular formula is C13H17N3O. The van der Waals surface area contributed by atoms with Crippen LogP contribution in [0.4, 0.5) is 5.82 Å². The minimum Gasteiger partial charge on any atom is -0.496 e. The van der Waals surface area contributed by atoms with Gasteiger partial charge in [-0.2, -0.15) is 5.10 Å². The minimum atomic E-state index is 0.472. The Morgan fingerprint density at radius 2 is 2.06 bits per heavy atom. The van der Waals surface area contributed by atoms with Crippen LogP contribution >= 0.6 is 0 Å². The molecule has 0 aliphatic rings. The summed E-state index contributed by atoms with van der Waals surface area (Å²) in [5, 5.41) is 6.85. The zero-order valence-electron chi connectivity index (χ0n) is 10.3. The Morgan fingerprint density at radius 1 is 1.29 bits per heavy atom. The van der Waals surface area contributed by atoms with E-state index in [1.807, 2.05) is 12.1 Å². The van der Waals surface area contributed by atoms with E-state index in [-0.39, 0.29) is 0 Å². The van der Waals surface area contributed by atoms with Crippen LogP contribution in [0.3, 0.4) is 0 Å². The molecule has 0 atom stereocenters. The van der Waals surface area contributed by atoms with Crippen LogP contribution in [-0.2, 0) is 0 Å². The molecule has 0 aliphatic heterocycles. The van der Waals surface area contributed by atoms with E-state index in [4.69, 9.17) is 10.5 Å². The SMILES string of the molecule is COc1ccc(C(C)C)cc1-c1cc(N)n[nH]1. The van der Waals surface area contributed by atoms with Gasteiger partial charge in [0.05, 0.1) is 12.8 Å². The summed E-state index contributed by atoms with van der Waals surface area (Å²) in [6.07, 6.45) is 0. The van der Waals surface area contributed by atoms with Crippen LogP contribution in [0.2, 0.25) is 0 Å². The van der Waals surface area contributed by atoms with Gasteiger partial charge in [0.25, 0.3) is 0 Å². The van der Waals surface area contributed by atoms with E-state index in [0.717, 1.165) is 17.0 Å². The van der Waals surface area contributed by atoms with Crippen LogP contribution in [0.15, 0.2) is 24.3 Å². The third-order valence-electron chi connectivity index (χ3n) is 2.78. The molecule has 1 aromatic heterocycles. The van der Waals surface area contributed by atoms with Crippen LogP contribution in [0.1, 0.15) is 25.3 Å². The fraction of sp³-hybridized carbons (Fsp3) is 0.308. The molecule has 1 heterocycles. The molecule has 0 bridgehead atoms. The molecule has 0 amide bonds. The average molecular weight is 231 g/mol. The van der Waals surface area contributed by atoms with Gasteiger partial charge in [0.15, 0.2) is 0 Å². The highest BCUT2D eigenvalue weighted by Gasteiger charge is 2.10. The molecular weight excluding hydrogens is 214 g/mol. The molecule has 0 aliphatic carbocycles. The predicted molar refractivity (Wildman–Crippen MR) is 69.1 cm³/mol. The van der Waals surface area contributed by atoms with E-state index in [1.165, 1.54) is 5.56 Å². The number of aromatic nitrogens is 2. The summed E-state index contributed by atoms with van der Waals surface area (Å²) in [5.74, 6) is 1.77. The van der Waals surface area contributed by atoms with E-state index >= 15 is 0 Å². The third-order valence-corrected chi connectivity index (χ3v) is 2.78. The molecule has 0 fully saturated rings. The summed E-state index contributed by atoms with van der Waals surface area (Å²) in [7, 11) is 1.66. The first-order valence-electron chi connectivity index (χ1n) is 5.61. The molecule has 17 heavy (non-hydrogen) atoms. The monoisotopic (exact) mass is 231 g/mol. The number of nitrogen functional groups attached to an aromatic ring is 1. The molecule has 0 radical (unpaired) electrons. The number of hydrogen-bond acceptors (Lipinski definition) is 3. The van der Waals surface area contributed by atoms with Crippen LogP contribution in [0.25, 0.3) is 11.3 Å². The number of nitrogens with one attached hydrogen (secondary N) is 1. The molecule has 2 rings (SSSR count). The van der Waals surface area contributed by atoms with Gasteiger partial charge in [-0.3, -0.25) is 5.10 Å². The lowest BCUT2D eigenvalue weighted by Gasteiger charge is -2.11. The Morgan fingerprint density at radius 3 is 2.59 bits per heavy atom. The van der Waals surface area contributed by atoms with Crippen molar-refractivity contribution in [2.75, 3.05) is 12.8 Å². The van der Waals surface area contributed by atoms with E-state index in [9.17, 15) is 0 Å². The van der Waals surface area contributed by atoms with Gasteiger partial charge in [-0.25, -0.2) is 0 Å². The van der Waals surface area contributed by atoms with E-state index in [0.29, 0.717) is 11.7 Å². The standard InChI is InChI=1S/C13H17N3O/c1-8(2)9-4-5-12(17-3)10(6-9)11-7-13(14)16-15-11/h4-8H,1-3H3,(H3,14,15,16). The summed E-state index contributed by atoms with van der Waals surface area (Å²) in [6, 6.07) is 7.97. The summed E-state index contributed by atoms with van der Waals surface area (Å²) in [4.78, 5) is 0. The number of nitrogens with zero attached hydrogens (tertiary/aromatic N) is 1. The van der Waals surface area contributed by atoms with Gasteiger partial charge in [-0.1, -0.05) is 19.9 Å². The first-order chi connectivity index (χ1) is 8.11. The van der Waals surface area contributed by atoms with Gasteiger partial charge in [0.1, 0.15) is 11.6 Å². The Hall–Kier alpha value is -1.97. The number of anilines is 1. The number of ether oxygens (including phenoxy) is 1. The molecule has 0 unspecified atom stereocenters. The van der Waals surface area contributed by atoms with Crippen LogP contribution < -0.4 is 10.5 Å². The molecule has 4 heteroatoms. The summed E-state index contributed by atoms with van der Waals surface area (Å²) >= 11 is 0. The maximum atomic E-state index is 5.62. The van der Waals surface area contributed by atoms with Gasteiger partial charge in [-0.05, 0) is 23.6 Å². The summed E-state index contributed by atoms with van der Waals surface area (Å²) < 4.78 is 5.36. The van der Waals surface area contributed by atoms with Crippen LogP contribution in [0.5, 0.6) is 5.75 Å². The van der Waals surface area contributed by atoms with Gasteiger partial charge < -0.3 is 10.5 Å². The highest BCUT2D eigenvalue weighted by atomic mass is 16.5. The average Bonchev–Trinajstić information content (AvgIpc) is 2.74. The zero-order chi connectivity index (χ0) is 12.4. The molecule has 0 spiro atoms. The molecule has 4 nitrogen and oxygen atoms in total. The van der Waals surface area contributed by atoms with Crippen LogP contribution in [0, 0.1) is 0 Å². The zero-order valence-corrected chi connectivity index (χ0v) is 10.3. The molecule has 0 saturated heterocycles. The number of aromatic amines is 1. The Labute approximate surface area is 101 Å². The smallest absolute Gasteiger partial charge is 0.145 e. The Bertz CT molecular complexity index is 517. The van der Waals surface area contributed by atoms with Crippen molar-refractivity contribution in [1.82, 2.24) is 10.2 Å². The molecule has 2 aromatic rings. The van der Waals surface area contributed by atoms with Crippen molar-refractivity contribution in [3.05, 3.63) is 29.8 Å². The lowest BCUT2D eigenvalue weighted by atomic mass is 9.99. The number of hydrogen-bond donors (Lipinski definition) is 2. The number of H-pyrrole nitrogens is 1. The van der Waals surface area contributed by atoms with Gasteiger partial charge in [0, 0.05) is 11.6 Å². The topological polar surface area (TPSA) is 63.9 Å². The number of rotatable bonds is 3. The second-order valence-electron chi connectivity index (χ2n) is 4.32. The number of nitrogens with two attached hydrogens (primary N) is 1. The van der Waals surface area contributed by atoms with Gasteiger partial charge in [0.2, 0.25) is 0 Å². The maximum absolute atomic E-state index is 5.62. The van der Waals surface area contributed by atoms with Gasteiger partial charge >= 0.3 is 0 Å². The van der Waals surface area contributed by atoms with Crippen molar-refractivity contribution < 1.29 is 4.74 Å². The molecule has 3 N–H and O–H groups in total. The second-order valence-corrected chi connectivity index (χ2v) is 4.32. The van der Waals surface area contributed by atoms with E-state index in [2.05, 4.69) is 36.2 Å². The quantitative estimate of drug-likeness (QED) is 0.853. The minimum absolute atomic E-state index is 0.472. The first-order valence-corrected chi connectivity index (χ1v) is 5.61. The first kappa shape index (κ1) is 11.5. The Balaban J connectivity index is 2.53. The molecule has 1 aromatic carbocycles. The lowest BCUT2D eigenvalue weighted by Crippen LogP contribution is -1.93. The second kappa shape index (κ2) is 4.49. The third kappa shape index (κ3) is 2.25. The fourth-order valence-electron chi connectivity index (χ4n) is 1.77. The van der Waals surface area contributed by atoms with E-state index < -0.39 is 0 Å². The van der Waals surface area contributed by atoms with Crippen molar-refractivity contribution >= 4 is 5.82 Å². The largest absolute Gasteiger partial charge is 0.496 e. The lowest BCUT2D eigenvalue weighted by molar-refractivity contribution is 0.416. The van der Waals surface area contributed by atoms with Crippen molar-refractivity contribution in [2.45, 2.75) is 19.8 Å². The van der Waals surface area contributed by atoms with Crippen molar-refractivity contribution in [2.24, 2.45) is 0 Å². The highest BCUT2D eigenvalue weighted by molar-refractivity contribution is 5.70. The maximum Gasteiger partial charge on any atom is 0.145 e. The van der Waals surface area contributed by atoms with Crippen LogP contribution in [-0.4, -0.2) is 17.3 Å². The normalized spacial score (nSPS) is 10.8. The Kier molecular flexibility index (Phi) is 3.04. The number of methoxy groups -OCH3 is 1. The predicted octanol–water partition coefficient (Wildman–Crippen LogP) is 2.79. The fourth-order valence-corrected chi connectivity index (χ4v) is 1.77. The molecule has 0 saturated carbocycles. The van der Waals surface area contributed by atoms with Crippen molar-refractivity contribution in [1.29, 1.82) is 0 Å².